The normalized spacial score (nSPS) is 10.8. The molecule has 176 valence electrons. The van der Waals surface area contributed by atoms with Gasteiger partial charge in [-0.2, -0.15) is 20.1 Å². The van der Waals surface area contributed by atoms with Crippen molar-refractivity contribution in [1.82, 2.24) is 15.0 Å². The molecule has 0 spiro atoms. The van der Waals surface area contributed by atoms with Gasteiger partial charge >= 0.3 is 0 Å². The molecule has 1 heterocycles. The van der Waals surface area contributed by atoms with Crippen molar-refractivity contribution in [3.05, 3.63) is 98.5 Å². The molecule has 0 saturated carbocycles. The molecular weight excluding hydrogens is 516 g/mol. The van der Waals surface area contributed by atoms with E-state index in [1.807, 2.05) is 60.7 Å². The maximum absolute atomic E-state index is 11.1. The summed E-state index contributed by atoms with van der Waals surface area (Å²) in [6, 6.07) is 21.6. The number of halogens is 1. The molecule has 0 saturated heterocycles. The van der Waals surface area contributed by atoms with Crippen LogP contribution in [0.15, 0.2) is 82.4 Å². The highest BCUT2D eigenvalue weighted by Crippen LogP contribution is 2.31. The van der Waals surface area contributed by atoms with Gasteiger partial charge in [-0.1, -0.05) is 48.5 Å². The summed E-state index contributed by atoms with van der Waals surface area (Å²) in [4.78, 5) is 23.6. The van der Waals surface area contributed by atoms with Gasteiger partial charge in [0.25, 0.3) is 5.69 Å². The monoisotopic (exact) mass is 534 g/mol. The van der Waals surface area contributed by atoms with Crippen LogP contribution < -0.4 is 16.1 Å². The number of rotatable bonds is 9. The van der Waals surface area contributed by atoms with E-state index in [4.69, 9.17) is 0 Å². The number of benzene rings is 3. The van der Waals surface area contributed by atoms with Crippen molar-refractivity contribution in [2.75, 3.05) is 16.1 Å². The van der Waals surface area contributed by atoms with Gasteiger partial charge in [0.15, 0.2) is 0 Å². The van der Waals surface area contributed by atoms with Gasteiger partial charge in [-0.3, -0.25) is 10.1 Å². The lowest BCUT2D eigenvalue weighted by molar-refractivity contribution is -0.385. The van der Waals surface area contributed by atoms with Crippen molar-refractivity contribution in [2.24, 2.45) is 5.10 Å². The smallest absolute Gasteiger partial charge is 0.271 e. The lowest BCUT2D eigenvalue weighted by atomic mass is 10.2. The summed E-state index contributed by atoms with van der Waals surface area (Å²) in [6.45, 7) is 0.494. The van der Waals surface area contributed by atoms with E-state index >= 15 is 0 Å². The number of nitrogens with one attached hydrogen (secondary N) is 3. The Balaban J connectivity index is 1.57. The first-order valence-electron chi connectivity index (χ1n) is 10.3. The van der Waals surface area contributed by atoms with Crippen LogP contribution in [0, 0.1) is 10.1 Å². The Morgan fingerprint density at radius 3 is 2.34 bits per heavy atom. The number of nitro groups is 1. The number of aromatic nitrogens is 3. The van der Waals surface area contributed by atoms with Crippen LogP contribution in [-0.4, -0.2) is 31.2 Å². The summed E-state index contributed by atoms with van der Waals surface area (Å²) < 4.78 is 0.176. The van der Waals surface area contributed by atoms with E-state index < -0.39 is 4.92 Å². The quantitative estimate of drug-likeness (QED) is 0.131. The SMILES string of the molecule is O=[N+]([O-])c1cc(Br)c(O)c(/C=N/Nc2nc(NCc3ccccc3)nc(Nc3ccccc3)n2)c1. The van der Waals surface area contributed by atoms with E-state index in [0.29, 0.717) is 12.5 Å². The molecule has 0 amide bonds. The van der Waals surface area contributed by atoms with Crippen LogP contribution in [0.25, 0.3) is 0 Å². The molecular formula is C23H19BrN8O3. The topological polar surface area (TPSA) is 150 Å². The van der Waals surface area contributed by atoms with Crippen LogP contribution in [0.2, 0.25) is 0 Å². The van der Waals surface area contributed by atoms with Crippen LogP contribution in [0.5, 0.6) is 5.75 Å². The molecule has 0 fully saturated rings. The number of non-ortho nitro benzene ring substituents is 1. The fourth-order valence-corrected chi connectivity index (χ4v) is 3.42. The van der Waals surface area contributed by atoms with E-state index in [1.165, 1.54) is 18.3 Å². The molecule has 0 radical (unpaired) electrons. The first-order chi connectivity index (χ1) is 17.0. The van der Waals surface area contributed by atoms with Crippen LogP contribution in [0.3, 0.4) is 0 Å². The number of hydrogen-bond acceptors (Lipinski definition) is 10. The molecule has 1 aromatic heterocycles. The van der Waals surface area contributed by atoms with Gasteiger partial charge in [0.05, 0.1) is 15.6 Å². The van der Waals surface area contributed by atoms with E-state index in [1.54, 1.807) is 0 Å². The number of phenols is 1. The first-order valence-corrected chi connectivity index (χ1v) is 11.1. The number of anilines is 4. The third-order valence-electron chi connectivity index (χ3n) is 4.62. The molecule has 0 unspecified atom stereocenters. The molecule has 4 N–H and O–H groups in total. The van der Waals surface area contributed by atoms with Crippen LogP contribution >= 0.6 is 15.9 Å². The van der Waals surface area contributed by atoms with Crippen molar-refractivity contribution in [1.29, 1.82) is 0 Å². The van der Waals surface area contributed by atoms with Gasteiger partial charge < -0.3 is 15.7 Å². The van der Waals surface area contributed by atoms with Gasteiger partial charge in [-0.25, -0.2) is 5.43 Å². The van der Waals surface area contributed by atoms with Crippen molar-refractivity contribution >= 4 is 51.4 Å². The average molecular weight is 535 g/mol. The van der Waals surface area contributed by atoms with Gasteiger partial charge in [-0.15, -0.1) is 0 Å². The van der Waals surface area contributed by atoms with Crippen molar-refractivity contribution in [3.8, 4) is 5.75 Å². The number of hydrogen-bond donors (Lipinski definition) is 4. The number of para-hydroxylation sites is 1. The lowest BCUT2D eigenvalue weighted by Gasteiger charge is -2.10. The maximum atomic E-state index is 11.1. The molecule has 0 aliphatic heterocycles. The Morgan fingerprint density at radius 2 is 1.63 bits per heavy atom. The van der Waals surface area contributed by atoms with Crippen LogP contribution in [-0.2, 0) is 6.54 Å². The first kappa shape index (κ1) is 23.6. The van der Waals surface area contributed by atoms with E-state index in [9.17, 15) is 15.2 Å². The minimum atomic E-state index is -0.562. The Morgan fingerprint density at radius 1 is 0.971 bits per heavy atom. The summed E-state index contributed by atoms with van der Waals surface area (Å²) in [6.07, 6.45) is 1.23. The third kappa shape index (κ3) is 6.48. The largest absolute Gasteiger partial charge is 0.506 e. The summed E-state index contributed by atoms with van der Waals surface area (Å²) in [7, 11) is 0. The average Bonchev–Trinajstić information content (AvgIpc) is 2.86. The van der Waals surface area contributed by atoms with E-state index in [0.717, 1.165) is 11.3 Å². The number of nitro benzene ring substituents is 1. The van der Waals surface area contributed by atoms with Gasteiger partial charge in [0.1, 0.15) is 5.75 Å². The molecule has 35 heavy (non-hydrogen) atoms. The standard InChI is InChI=1S/C23H19BrN8O3/c24-19-12-18(32(34)35)11-16(20(19)33)14-26-31-23-29-21(25-13-15-7-3-1-4-8-15)28-22(30-23)27-17-9-5-2-6-10-17/h1-12,14,33H,13H2,(H3,25,27,28,29,30,31)/b26-14+. The molecule has 11 nitrogen and oxygen atoms in total. The minimum Gasteiger partial charge on any atom is -0.506 e. The van der Waals surface area contributed by atoms with Crippen molar-refractivity contribution in [3.63, 3.8) is 0 Å². The molecule has 0 atom stereocenters. The van der Waals surface area contributed by atoms with E-state index in [-0.39, 0.29) is 33.4 Å². The fourth-order valence-electron chi connectivity index (χ4n) is 2.96. The molecule has 3 aromatic carbocycles. The van der Waals surface area contributed by atoms with Crippen molar-refractivity contribution in [2.45, 2.75) is 6.54 Å². The maximum Gasteiger partial charge on any atom is 0.271 e. The molecule has 4 aromatic rings. The Kier molecular flexibility index (Phi) is 7.43. The Bertz CT molecular complexity index is 1350. The predicted octanol–water partition coefficient (Wildman–Crippen LogP) is 5.05. The number of phenolic OH excluding ortho intramolecular Hbond substituents is 1. The zero-order valence-electron chi connectivity index (χ0n) is 18.1. The third-order valence-corrected chi connectivity index (χ3v) is 5.22. The molecule has 12 heteroatoms. The number of hydrazone groups is 1. The van der Waals surface area contributed by atoms with Crippen LogP contribution in [0.4, 0.5) is 29.2 Å². The zero-order valence-corrected chi connectivity index (χ0v) is 19.7. The summed E-state index contributed by atoms with van der Waals surface area (Å²) >= 11 is 3.10. The number of aromatic hydroxyl groups is 1. The predicted molar refractivity (Wildman–Crippen MR) is 137 cm³/mol. The second kappa shape index (κ2) is 11.0. The second-order valence-corrected chi connectivity index (χ2v) is 7.98. The minimum absolute atomic E-state index is 0.120. The lowest BCUT2D eigenvalue weighted by Crippen LogP contribution is -2.09. The highest BCUT2D eigenvalue weighted by molar-refractivity contribution is 9.10. The number of nitrogens with zero attached hydrogens (tertiary/aromatic N) is 5. The molecule has 0 bridgehead atoms. The second-order valence-electron chi connectivity index (χ2n) is 7.13. The molecule has 0 aliphatic rings. The zero-order chi connectivity index (χ0) is 24.6. The van der Waals surface area contributed by atoms with Crippen LogP contribution in [0.1, 0.15) is 11.1 Å². The Labute approximate surface area is 208 Å². The van der Waals surface area contributed by atoms with E-state index in [2.05, 4.69) is 52.0 Å². The fraction of sp³-hybridized carbons (Fsp3) is 0.0435. The molecule has 4 rings (SSSR count). The molecule has 0 aliphatic carbocycles. The highest BCUT2D eigenvalue weighted by Gasteiger charge is 2.14. The van der Waals surface area contributed by atoms with Gasteiger partial charge in [0.2, 0.25) is 17.8 Å². The van der Waals surface area contributed by atoms with Crippen molar-refractivity contribution < 1.29 is 10.0 Å². The summed E-state index contributed by atoms with van der Waals surface area (Å²) in [5.41, 5.74) is 4.46. The Hall–Kier alpha value is -4.58. The van der Waals surface area contributed by atoms with Gasteiger partial charge in [0, 0.05) is 29.9 Å². The summed E-state index contributed by atoms with van der Waals surface area (Å²) in [5, 5.41) is 31.6. The van der Waals surface area contributed by atoms with Gasteiger partial charge in [-0.05, 0) is 33.6 Å². The summed E-state index contributed by atoms with van der Waals surface area (Å²) in [5.74, 6) is 0.518. The highest BCUT2D eigenvalue weighted by atomic mass is 79.9.